The standard InChI is InChI=1S/C11H13FO2/c1-11(7-14-11)6-8-5-9(12)3-4-10(8)13-2/h3-5H,6-7H2,1-2H3. The normalized spacial score (nSPS) is 24.8. The number of rotatable bonds is 3. The first-order chi connectivity index (χ1) is 6.63. The van der Waals surface area contributed by atoms with Crippen LogP contribution in [0.5, 0.6) is 5.75 Å². The minimum absolute atomic E-state index is 0.110. The van der Waals surface area contributed by atoms with Crippen LogP contribution < -0.4 is 4.74 Å². The quantitative estimate of drug-likeness (QED) is 0.691. The third-order valence-electron chi connectivity index (χ3n) is 2.44. The van der Waals surface area contributed by atoms with Gasteiger partial charge in [0.25, 0.3) is 0 Å². The summed E-state index contributed by atoms with van der Waals surface area (Å²) in [5, 5.41) is 0. The summed E-state index contributed by atoms with van der Waals surface area (Å²) in [4.78, 5) is 0. The lowest BCUT2D eigenvalue weighted by Gasteiger charge is -2.10. The molecule has 2 rings (SSSR count). The van der Waals surface area contributed by atoms with Crippen LogP contribution in [0.1, 0.15) is 12.5 Å². The lowest BCUT2D eigenvalue weighted by atomic mass is 10.0. The second-order valence-electron chi connectivity index (χ2n) is 3.87. The van der Waals surface area contributed by atoms with Gasteiger partial charge in [0.15, 0.2) is 0 Å². The minimum Gasteiger partial charge on any atom is -0.496 e. The van der Waals surface area contributed by atoms with Gasteiger partial charge in [-0.15, -0.1) is 0 Å². The SMILES string of the molecule is COc1ccc(F)cc1CC1(C)CO1. The van der Waals surface area contributed by atoms with Gasteiger partial charge in [-0.05, 0) is 30.7 Å². The van der Waals surface area contributed by atoms with Crippen molar-refractivity contribution in [3.05, 3.63) is 29.6 Å². The van der Waals surface area contributed by atoms with Gasteiger partial charge in [-0.2, -0.15) is 0 Å². The fourth-order valence-electron chi connectivity index (χ4n) is 1.51. The molecule has 1 aromatic carbocycles. The van der Waals surface area contributed by atoms with Crippen LogP contribution in [0.25, 0.3) is 0 Å². The highest BCUT2D eigenvalue weighted by molar-refractivity contribution is 5.35. The first-order valence-corrected chi connectivity index (χ1v) is 4.59. The molecule has 1 fully saturated rings. The zero-order valence-corrected chi connectivity index (χ0v) is 8.34. The number of hydrogen-bond donors (Lipinski definition) is 0. The van der Waals surface area contributed by atoms with Crippen molar-refractivity contribution < 1.29 is 13.9 Å². The third kappa shape index (κ3) is 1.87. The molecular weight excluding hydrogens is 183 g/mol. The Morgan fingerprint density at radius 3 is 2.86 bits per heavy atom. The van der Waals surface area contributed by atoms with Crippen molar-refractivity contribution >= 4 is 0 Å². The van der Waals surface area contributed by atoms with Gasteiger partial charge in [0.2, 0.25) is 0 Å². The highest BCUT2D eigenvalue weighted by atomic mass is 19.1. The van der Waals surface area contributed by atoms with Crippen molar-refractivity contribution in [2.75, 3.05) is 13.7 Å². The molecule has 1 unspecified atom stereocenters. The maximum absolute atomic E-state index is 13.0. The number of benzene rings is 1. The van der Waals surface area contributed by atoms with Crippen molar-refractivity contribution in [1.82, 2.24) is 0 Å². The number of ether oxygens (including phenoxy) is 2. The predicted molar refractivity (Wildman–Crippen MR) is 51.0 cm³/mol. The largest absolute Gasteiger partial charge is 0.496 e. The van der Waals surface area contributed by atoms with E-state index in [0.717, 1.165) is 17.9 Å². The Hall–Kier alpha value is -1.09. The fourth-order valence-corrected chi connectivity index (χ4v) is 1.51. The number of methoxy groups -OCH3 is 1. The van der Waals surface area contributed by atoms with E-state index in [2.05, 4.69) is 0 Å². The highest BCUT2D eigenvalue weighted by Crippen LogP contribution is 2.33. The molecule has 14 heavy (non-hydrogen) atoms. The molecule has 0 N–H and O–H groups in total. The summed E-state index contributed by atoms with van der Waals surface area (Å²) in [6.45, 7) is 2.75. The third-order valence-corrected chi connectivity index (χ3v) is 2.44. The Morgan fingerprint density at radius 2 is 2.29 bits per heavy atom. The van der Waals surface area contributed by atoms with E-state index in [9.17, 15) is 4.39 Å². The molecule has 0 amide bonds. The highest BCUT2D eigenvalue weighted by Gasteiger charge is 2.39. The van der Waals surface area contributed by atoms with Crippen LogP contribution in [0.15, 0.2) is 18.2 Å². The Balaban J connectivity index is 2.25. The maximum atomic E-state index is 13.0. The van der Waals surface area contributed by atoms with Gasteiger partial charge in [-0.1, -0.05) is 0 Å². The van der Waals surface area contributed by atoms with E-state index in [1.54, 1.807) is 13.2 Å². The molecule has 1 heterocycles. The smallest absolute Gasteiger partial charge is 0.123 e. The summed E-state index contributed by atoms with van der Waals surface area (Å²) < 4.78 is 23.4. The van der Waals surface area contributed by atoms with E-state index in [1.807, 2.05) is 6.92 Å². The van der Waals surface area contributed by atoms with Gasteiger partial charge in [0.05, 0.1) is 19.3 Å². The Kier molecular flexibility index (Phi) is 2.19. The molecule has 0 spiro atoms. The van der Waals surface area contributed by atoms with Gasteiger partial charge in [-0.25, -0.2) is 4.39 Å². The summed E-state index contributed by atoms with van der Waals surface area (Å²) >= 11 is 0. The van der Waals surface area contributed by atoms with E-state index in [0.29, 0.717) is 6.42 Å². The van der Waals surface area contributed by atoms with Gasteiger partial charge in [-0.3, -0.25) is 0 Å². The topological polar surface area (TPSA) is 21.8 Å². The van der Waals surface area contributed by atoms with Crippen LogP contribution in [0.2, 0.25) is 0 Å². The lowest BCUT2D eigenvalue weighted by molar-refractivity contribution is 0.317. The van der Waals surface area contributed by atoms with Crippen molar-refractivity contribution in [3.63, 3.8) is 0 Å². The van der Waals surface area contributed by atoms with E-state index in [1.165, 1.54) is 12.1 Å². The zero-order valence-electron chi connectivity index (χ0n) is 8.34. The number of hydrogen-bond acceptors (Lipinski definition) is 2. The van der Waals surface area contributed by atoms with E-state index >= 15 is 0 Å². The van der Waals surface area contributed by atoms with Crippen molar-refractivity contribution in [3.8, 4) is 5.75 Å². The second kappa shape index (κ2) is 3.24. The van der Waals surface area contributed by atoms with Gasteiger partial charge in [0, 0.05) is 6.42 Å². The molecule has 3 heteroatoms. The Morgan fingerprint density at radius 1 is 1.57 bits per heavy atom. The van der Waals surface area contributed by atoms with Gasteiger partial charge in [0.1, 0.15) is 11.6 Å². The first kappa shape index (κ1) is 9.46. The summed E-state index contributed by atoms with van der Waals surface area (Å²) in [5.74, 6) is 0.494. The summed E-state index contributed by atoms with van der Waals surface area (Å²) in [6, 6.07) is 4.56. The van der Waals surface area contributed by atoms with Gasteiger partial charge >= 0.3 is 0 Å². The average Bonchev–Trinajstić information content (AvgIpc) is 2.84. The summed E-state index contributed by atoms with van der Waals surface area (Å²) in [7, 11) is 1.59. The molecule has 0 radical (unpaired) electrons. The van der Waals surface area contributed by atoms with Crippen LogP contribution in [-0.2, 0) is 11.2 Å². The number of epoxide rings is 1. The van der Waals surface area contributed by atoms with E-state index in [-0.39, 0.29) is 11.4 Å². The van der Waals surface area contributed by atoms with Crippen LogP contribution >= 0.6 is 0 Å². The van der Waals surface area contributed by atoms with Crippen molar-refractivity contribution in [1.29, 1.82) is 0 Å². The van der Waals surface area contributed by atoms with E-state index in [4.69, 9.17) is 9.47 Å². The Bertz CT molecular complexity index is 345. The Labute approximate surface area is 82.6 Å². The van der Waals surface area contributed by atoms with Crippen LogP contribution in [0, 0.1) is 5.82 Å². The molecule has 1 aliphatic rings. The summed E-state index contributed by atoms with van der Waals surface area (Å²) in [6.07, 6.45) is 0.702. The molecule has 1 saturated heterocycles. The van der Waals surface area contributed by atoms with Crippen LogP contribution in [-0.4, -0.2) is 19.3 Å². The molecule has 76 valence electrons. The molecule has 0 saturated carbocycles. The molecule has 2 nitrogen and oxygen atoms in total. The molecular formula is C11H13FO2. The predicted octanol–water partition coefficient (Wildman–Crippen LogP) is 2.17. The molecule has 0 aromatic heterocycles. The molecule has 1 aromatic rings. The molecule has 0 aliphatic carbocycles. The van der Waals surface area contributed by atoms with E-state index < -0.39 is 0 Å². The van der Waals surface area contributed by atoms with Crippen molar-refractivity contribution in [2.45, 2.75) is 18.9 Å². The lowest BCUT2D eigenvalue weighted by Crippen LogP contribution is -2.10. The maximum Gasteiger partial charge on any atom is 0.123 e. The van der Waals surface area contributed by atoms with Gasteiger partial charge < -0.3 is 9.47 Å². The van der Waals surface area contributed by atoms with Crippen LogP contribution in [0.3, 0.4) is 0 Å². The van der Waals surface area contributed by atoms with Crippen molar-refractivity contribution in [2.24, 2.45) is 0 Å². The van der Waals surface area contributed by atoms with Crippen LogP contribution in [0.4, 0.5) is 4.39 Å². The zero-order chi connectivity index (χ0) is 10.2. The molecule has 1 atom stereocenters. The second-order valence-corrected chi connectivity index (χ2v) is 3.87. The summed E-state index contributed by atoms with van der Waals surface area (Å²) in [5.41, 5.74) is 0.758. The number of halogens is 1. The molecule has 0 bridgehead atoms. The minimum atomic E-state index is -0.231. The monoisotopic (exact) mass is 196 g/mol. The molecule has 1 aliphatic heterocycles. The first-order valence-electron chi connectivity index (χ1n) is 4.59. The average molecular weight is 196 g/mol. The fraction of sp³-hybridized carbons (Fsp3) is 0.455.